The second-order valence-electron chi connectivity index (χ2n) is 17.3. The van der Waals surface area contributed by atoms with Gasteiger partial charge < -0.3 is 19.6 Å². The molecule has 1 saturated heterocycles. The average molecular weight is 1040 g/mol. The zero-order valence-electron chi connectivity index (χ0n) is 39.1. The smallest absolute Gasteiger partial charge is 0.413 e. The summed E-state index contributed by atoms with van der Waals surface area (Å²) in [7, 11) is 1.63. The molecule has 4 heterocycles. The molecular formula is C52H45N9O7S4. The maximum Gasteiger partial charge on any atom is 0.413 e. The third kappa shape index (κ3) is 9.90. The lowest BCUT2D eigenvalue weighted by atomic mass is 9.80. The van der Waals surface area contributed by atoms with E-state index in [4.69, 9.17) is 26.5 Å². The Morgan fingerprint density at radius 1 is 0.847 bits per heavy atom. The first-order valence-corrected chi connectivity index (χ1v) is 25.7. The minimum absolute atomic E-state index is 0.00293. The highest BCUT2D eigenvalue weighted by Crippen LogP contribution is 2.53. The Bertz CT molecular complexity index is 3040. The number of carbonyl (C=O) groups is 4. The minimum atomic E-state index is -1.80. The molecule has 20 heteroatoms. The molecule has 364 valence electrons. The van der Waals surface area contributed by atoms with Crippen molar-refractivity contribution in [3.05, 3.63) is 202 Å². The number of rotatable bonds is 16. The fraction of sp³-hybridized carbons (Fsp3) is 0.192. The molecule has 0 spiro atoms. The number of carbonyl (C=O) groups excluding carboxylic acids is 4. The molecule has 72 heavy (non-hydrogen) atoms. The number of oxime groups is 1. The number of esters is 1. The van der Waals surface area contributed by atoms with Gasteiger partial charge in [0, 0.05) is 45.1 Å². The number of hydrogen-bond acceptors (Lipinski definition) is 16. The van der Waals surface area contributed by atoms with Gasteiger partial charge in [0.25, 0.3) is 11.8 Å². The number of thioether (sulfide) groups is 2. The molecular weight excluding hydrogens is 991 g/mol. The second kappa shape index (κ2) is 21.1. The third-order valence-corrected chi connectivity index (χ3v) is 15.0. The highest BCUT2D eigenvalue weighted by molar-refractivity contribution is 8.22. The lowest BCUT2D eigenvalue weighted by molar-refractivity contribution is -0.155. The van der Waals surface area contributed by atoms with Crippen molar-refractivity contribution in [2.75, 3.05) is 11.1 Å². The Morgan fingerprint density at radius 3 is 1.89 bits per heavy atom. The fourth-order valence-electron chi connectivity index (χ4n) is 8.30. The Morgan fingerprint density at radius 2 is 1.39 bits per heavy atom. The Hall–Kier alpha value is -7.52. The molecule has 0 unspecified atom stereocenters. The number of amides is 3. The zero-order chi connectivity index (χ0) is 50.5. The number of β-lactam (4-membered cyclic amide) rings is 1. The highest BCUT2D eigenvalue weighted by Gasteiger charge is 2.67. The van der Waals surface area contributed by atoms with E-state index in [1.54, 1.807) is 27.8 Å². The largest absolute Gasteiger partial charge is 0.448 e. The molecule has 2 N–H and O–H groups in total. The van der Waals surface area contributed by atoms with Crippen LogP contribution in [0.3, 0.4) is 0 Å². The third-order valence-electron chi connectivity index (χ3n) is 11.5. The number of aromatic nitrogens is 5. The summed E-state index contributed by atoms with van der Waals surface area (Å²) in [5, 5.41) is 23.0. The molecule has 0 saturated carbocycles. The number of benzene rings is 5. The minimum Gasteiger partial charge on any atom is -0.448 e. The van der Waals surface area contributed by atoms with Gasteiger partial charge in [-0.05, 0) is 42.3 Å². The van der Waals surface area contributed by atoms with Gasteiger partial charge in [-0.2, -0.15) is 0 Å². The van der Waals surface area contributed by atoms with Gasteiger partial charge in [-0.1, -0.05) is 181 Å². The van der Waals surface area contributed by atoms with Crippen LogP contribution in [0.15, 0.2) is 168 Å². The van der Waals surface area contributed by atoms with Crippen LogP contribution in [0.4, 0.5) is 9.93 Å². The molecule has 7 aromatic rings. The van der Waals surface area contributed by atoms with E-state index >= 15 is 9.59 Å². The topological polar surface area (TPSA) is 192 Å². The number of nitrogens with one attached hydrogen (secondary N) is 2. The molecule has 0 bridgehead atoms. The number of tetrazole rings is 1. The van der Waals surface area contributed by atoms with Gasteiger partial charge in [-0.25, -0.2) is 19.3 Å². The SMILES string of the molecule is Cn1nnnc1C1=C(C(=O)OC(c2ccccc2)c2ccccc2)N2C(=O)[C@](NC(=O)C(=NOC(c3ccccc3)(c3ccccc3)c3ccccc3)c3csc(NC(=O)OC(C)(C)C)n3)(SC=S)[C@@H]2SC1. The van der Waals surface area contributed by atoms with Crippen molar-refractivity contribution in [3.8, 4) is 0 Å². The molecule has 3 amide bonds. The maximum absolute atomic E-state index is 15.3. The van der Waals surface area contributed by atoms with Crippen molar-refractivity contribution < 1.29 is 33.5 Å². The van der Waals surface area contributed by atoms with Gasteiger partial charge in [0.05, 0.1) is 0 Å². The first-order valence-electron chi connectivity index (χ1n) is 22.4. The van der Waals surface area contributed by atoms with Crippen LogP contribution in [0, 0.1) is 0 Å². The number of thiocarbonyl (C=S) groups is 1. The van der Waals surface area contributed by atoms with E-state index in [1.165, 1.54) is 31.4 Å². The number of fused-ring (bicyclic) bond motifs is 1. The van der Waals surface area contributed by atoms with E-state index in [2.05, 4.69) is 36.3 Å². The van der Waals surface area contributed by atoms with Crippen molar-refractivity contribution in [3.63, 3.8) is 0 Å². The number of aryl methyl sites for hydroxylation is 1. The Balaban J connectivity index is 1.12. The lowest BCUT2D eigenvalue weighted by Crippen LogP contribution is -2.78. The van der Waals surface area contributed by atoms with Crippen molar-refractivity contribution in [1.29, 1.82) is 0 Å². The standard InChI is InChI=1S/C52H45N9O7S4/c1-50(2,3)67-49(65)54-48-53-39(31-71-48)40(57-68-51(35-24-14-7-15-25-35,36-26-16-8-17-27-36)37-28-18-9-19-29-37)44(62)55-52(72-32-69)46(64)61-41(38(30-70-47(52)61)43-56-58-59-60(43)4)45(63)66-42(33-20-10-5-11-21-33)34-22-12-6-13-23-34/h5-29,31-32,42,47H,30H2,1-4H3,(H,55,62)(H,53,54,65)/t47-,52-/m0/s1. The summed E-state index contributed by atoms with van der Waals surface area (Å²) in [5.74, 6) is -2.03. The molecule has 0 aliphatic carbocycles. The molecule has 16 nitrogen and oxygen atoms in total. The summed E-state index contributed by atoms with van der Waals surface area (Å²) in [5.41, 5.74) is 1.13. The predicted octanol–water partition coefficient (Wildman–Crippen LogP) is 8.89. The first kappa shape index (κ1) is 49.5. The summed E-state index contributed by atoms with van der Waals surface area (Å²) in [6.45, 7) is 5.19. The van der Waals surface area contributed by atoms with Gasteiger partial charge >= 0.3 is 12.1 Å². The molecule has 5 aromatic carbocycles. The number of thiazole rings is 1. The molecule has 0 radical (unpaired) electrons. The predicted molar refractivity (Wildman–Crippen MR) is 281 cm³/mol. The van der Waals surface area contributed by atoms with Crippen LogP contribution >= 0.6 is 47.1 Å². The number of ether oxygens (including phenoxy) is 2. The van der Waals surface area contributed by atoms with E-state index in [0.29, 0.717) is 33.4 Å². The van der Waals surface area contributed by atoms with Crippen LogP contribution < -0.4 is 10.6 Å². The molecule has 2 aromatic heterocycles. The summed E-state index contributed by atoms with van der Waals surface area (Å²) in [4.78, 5) is 69.3. The molecule has 9 rings (SSSR count). The molecule has 1 fully saturated rings. The first-order chi connectivity index (χ1) is 34.8. The molecule has 2 aliphatic rings. The average Bonchev–Trinajstić information content (AvgIpc) is 4.05. The van der Waals surface area contributed by atoms with Gasteiger partial charge in [-0.3, -0.25) is 19.8 Å². The highest BCUT2D eigenvalue weighted by atomic mass is 32.2. The van der Waals surface area contributed by atoms with Crippen LogP contribution in [-0.2, 0) is 41.3 Å². The van der Waals surface area contributed by atoms with Crippen LogP contribution in [-0.4, -0.2) is 86.0 Å². The van der Waals surface area contributed by atoms with Crippen LogP contribution in [0.25, 0.3) is 5.57 Å². The Kier molecular flexibility index (Phi) is 14.5. The summed E-state index contributed by atoms with van der Waals surface area (Å²) >= 11 is 8.59. The van der Waals surface area contributed by atoms with Crippen molar-refractivity contribution in [1.82, 2.24) is 35.4 Å². The van der Waals surface area contributed by atoms with E-state index in [9.17, 15) is 9.59 Å². The maximum atomic E-state index is 15.3. The molecule has 2 atom stereocenters. The van der Waals surface area contributed by atoms with Gasteiger partial charge in [-0.15, -0.1) is 28.2 Å². The summed E-state index contributed by atoms with van der Waals surface area (Å²) in [6, 6.07) is 46.8. The van der Waals surface area contributed by atoms with E-state index in [1.807, 2.05) is 152 Å². The van der Waals surface area contributed by atoms with Crippen LogP contribution in [0.5, 0.6) is 0 Å². The van der Waals surface area contributed by atoms with E-state index < -0.39 is 51.4 Å². The van der Waals surface area contributed by atoms with Crippen molar-refractivity contribution in [2.45, 2.75) is 48.3 Å². The number of nitrogens with zero attached hydrogens (tertiary/aromatic N) is 7. The second-order valence-corrected chi connectivity index (χ2v) is 20.9. The normalized spacial score (nSPS) is 16.8. The zero-order valence-corrected chi connectivity index (χ0v) is 42.3. The Labute approximate surface area is 432 Å². The quantitative estimate of drug-likeness (QED) is 0.0177. The van der Waals surface area contributed by atoms with Crippen LogP contribution in [0.1, 0.15) is 66.2 Å². The van der Waals surface area contributed by atoms with E-state index in [-0.39, 0.29) is 33.8 Å². The lowest BCUT2D eigenvalue weighted by Gasteiger charge is -2.56. The number of hydrogen-bond donors (Lipinski definition) is 2. The van der Waals surface area contributed by atoms with Gasteiger partial charge in [0.2, 0.25) is 10.5 Å². The fourth-order valence-corrected chi connectivity index (χ4v) is 11.9. The number of anilines is 1. The van der Waals surface area contributed by atoms with Crippen molar-refractivity contribution in [2.24, 2.45) is 12.2 Å². The van der Waals surface area contributed by atoms with Crippen LogP contribution in [0.2, 0.25) is 0 Å². The van der Waals surface area contributed by atoms with E-state index in [0.717, 1.165) is 23.1 Å². The summed E-state index contributed by atoms with van der Waals surface area (Å²) in [6.07, 6.45) is -1.63. The summed E-state index contributed by atoms with van der Waals surface area (Å²) < 4.78 is 14.6. The molecule has 2 aliphatic heterocycles. The van der Waals surface area contributed by atoms with Gasteiger partial charge in [0.15, 0.2) is 22.8 Å². The van der Waals surface area contributed by atoms with Crippen molar-refractivity contribution >= 4 is 92.1 Å². The van der Waals surface area contributed by atoms with Gasteiger partial charge in [0.1, 0.15) is 22.4 Å². The monoisotopic (exact) mass is 1040 g/mol.